The Bertz CT molecular complexity index is 737. The molecule has 0 N–H and O–H groups in total. The van der Waals surface area contributed by atoms with Crippen LogP contribution in [0.15, 0.2) is 12.3 Å². The lowest BCUT2D eigenvalue weighted by atomic mass is 9.50. The molecule has 1 heterocycles. The SMILES string of the molecule is C=C(OC1CCOC1=O)C(C)(C)CCC(C)(C)C(=O)OC12CC3CC(CC(C3)C1C)C2. The minimum atomic E-state index is -0.576. The van der Waals surface area contributed by atoms with Crippen LogP contribution < -0.4 is 0 Å². The number of hydrogen-bond donors (Lipinski definition) is 0. The first-order chi connectivity index (χ1) is 14.4. The van der Waals surface area contributed by atoms with Gasteiger partial charge < -0.3 is 14.2 Å². The molecule has 4 saturated carbocycles. The molecule has 4 aliphatic carbocycles. The van der Waals surface area contributed by atoms with Crippen molar-refractivity contribution in [1.82, 2.24) is 0 Å². The molecule has 4 atom stereocenters. The Morgan fingerprint density at radius 2 is 1.71 bits per heavy atom. The van der Waals surface area contributed by atoms with Gasteiger partial charge in [-0.3, -0.25) is 4.79 Å². The van der Waals surface area contributed by atoms with Crippen molar-refractivity contribution in [3.05, 3.63) is 12.3 Å². The van der Waals surface area contributed by atoms with Gasteiger partial charge in [0.1, 0.15) is 5.60 Å². The lowest BCUT2D eigenvalue weighted by Crippen LogP contribution is -2.59. The van der Waals surface area contributed by atoms with E-state index < -0.39 is 11.5 Å². The molecule has 0 amide bonds. The van der Waals surface area contributed by atoms with Crippen LogP contribution in [0.3, 0.4) is 0 Å². The molecule has 5 fully saturated rings. The molecule has 4 bridgehead atoms. The van der Waals surface area contributed by atoms with Crippen molar-refractivity contribution < 1.29 is 23.8 Å². The van der Waals surface area contributed by atoms with Crippen LogP contribution in [-0.2, 0) is 23.8 Å². The van der Waals surface area contributed by atoms with Crippen LogP contribution in [0.25, 0.3) is 0 Å². The molecule has 4 unspecified atom stereocenters. The fraction of sp³-hybridized carbons (Fsp3) is 0.846. The number of esters is 2. The molecule has 5 nitrogen and oxygen atoms in total. The number of hydrogen-bond acceptors (Lipinski definition) is 5. The van der Waals surface area contributed by atoms with Crippen molar-refractivity contribution in [3.8, 4) is 0 Å². The first kappa shape index (κ1) is 22.7. The molecule has 0 aromatic heterocycles. The van der Waals surface area contributed by atoms with Crippen molar-refractivity contribution in [2.24, 2.45) is 34.5 Å². The molecule has 5 heteroatoms. The predicted molar refractivity (Wildman–Crippen MR) is 118 cm³/mol. The van der Waals surface area contributed by atoms with Gasteiger partial charge in [-0.05, 0) is 82.5 Å². The van der Waals surface area contributed by atoms with Crippen LogP contribution in [0.2, 0.25) is 0 Å². The molecular weight excluding hydrogens is 392 g/mol. The van der Waals surface area contributed by atoms with Gasteiger partial charge in [-0.1, -0.05) is 27.4 Å². The minimum absolute atomic E-state index is 0.0667. The van der Waals surface area contributed by atoms with Gasteiger partial charge >= 0.3 is 11.9 Å². The van der Waals surface area contributed by atoms with Gasteiger partial charge in [-0.15, -0.1) is 0 Å². The van der Waals surface area contributed by atoms with Crippen LogP contribution in [0.4, 0.5) is 0 Å². The van der Waals surface area contributed by atoms with Crippen molar-refractivity contribution in [3.63, 3.8) is 0 Å². The van der Waals surface area contributed by atoms with Gasteiger partial charge in [0.05, 0.1) is 17.8 Å². The summed E-state index contributed by atoms with van der Waals surface area (Å²) in [6.07, 6.45) is 7.50. The first-order valence-electron chi connectivity index (χ1n) is 12.2. The second-order valence-electron chi connectivity index (χ2n) is 12.1. The van der Waals surface area contributed by atoms with Crippen molar-refractivity contribution in [2.75, 3.05) is 6.61 Å². The third-order valence-electron chi connectivity index (χ3n) is 8.89. The third kappa shape index (κ3) is 4.26. The molecule has 5 aliphatic rings. The van der Waals surface area contributed by atoms with E-state index >= 15 is 0 Å². The molecule has 0 spiro atoms. The maximum absolute atomic E-state index is 13.4. The summed E-state index contributed by atoms with van der Waals surface area (Å²) in [4.78, 5) is 25.1. The maximum Gasteiger partial charge on any atom is 0.347 e. The molecule has 1 saturated heterocycles. The van der Waals surface area contributed by atoms with E-state index in [0.717, 1.165) is 37.0 Å². The summed E-state index contributed by atoms with van der Waals surface area (Å²) < 4.78 is 17.2. The van der Waals surface area contributed by atoms with E-state index in [1.807, 2.05) is 13.8 Å². The molecule has 0 aromatic carbocycles. The molecule has 5 rings (SSSR count). The Kier molecular flexibility index (Phi) is 5.71. The van der Waals surface area contributed by atoms with Crippen LogP contribution in [-0.4, -0.2) is 30.3 Å². The van der Waals surface area contributed by atoms with Crippen molar-refractivity contribution in [2.45, 2.75) is 97.7 Å². The van der Waals surface area contributed by atoms with Gasteiger partial charge in [0, 0.05) is 11.8 Å². The Balaban J connectivity index is 1.35. The molecule has 1 aliphatic heterocycles. The van der Waals surface area contributed by atoms with E-state index in [2.05, 4.69) is 27.4 Å². The normalized spacial score (nSPS) is 36.9. The summed E-state index contributed by atoms with van der Waals surface area (Å²) in [5.41, 5.74) is -1.17. The van der Waals surface area contributed by atoms with Gasteiger partial charge in [-0.2, -0.15) is 0 Å². The highest BCUT2D eigenvalue weighted by molar-refractivity contribution is 5.77. The van der Waals surface area contributed by atoms with E-state index in [1.54, 1.807) is 0 Å². The molecule has 0 radical (unpaired) electrons. The number of allylic oxidation sites excluding steroid dienone is 1. The summed E-state index contributed by atoms with van der Waals surface area (Å²) in [5, 5.41) is 0. The fourth-order valence-corrected chi connectivity index (χ4v) is 6.50. The fourth-order valence-electron chi connectivity index (χ4n) is 6.50. The average Bonchev–Trinajstić information content (AvgIpc) is 3.08. The Morgan fingerprint density at radius 1 is 1.10 bits per heavy atom. The van der Waals surface area contributed by atoms with Gasteiger partial charge in [-0.25, -0.2) is 4.79 Å². The van der Waals surface area contributed by atoms with Crippen LogP contribution >= 0.6 is 0 Å². The number of cyclic esters (lactones) is 1. The molecule has 31 heavy (non-hydrogen) atoms. The number of carbonyl (C=O) groups is 2. The number of ether oxygens (including phenoxy) is 3. The monoisotopic (exact) mass is 432 g/mol. The minimum Gasteiger partial charge on any atom is -0.483 e. The Labute approximate surface area is 187 Å². The Morgan fingerprint density at radius 3 is 2.29 bits per heavy atom. The second kappa shape index (κ2) is 7.81. The lowest BCUT2D eigenvalue weighted by molar-refractivity contribution is -0.213. The highest BCUT2D eigenvalue weighted by Crippen LogP contribution is 2.60. The van der Waals surface area contributed by atoms with Crippen LogP contribution in [0.1, 0.15) is 86.0 Å². The van der Waals surface area contributed by atoms with E-state index in [9.17, 15) is 9.59 Å². The summed E-state index contributed by atoms with van der Waals surface area (Å²) in [6.45, 7) is 14.9. The van der Waals surface area contributed by atoms with Crippen LogP contribution in [0.5, 0.6) is 0 Å². The van der Waals surface area contributed by atoms with Crippen molar-refractivity contribution in [1.29, 1.82) is 0 Å². The maximum atomic E-state index is 13.4. The van der Waals surface area contributed by atoms with Gasteiger partial charge in [0.15, 0.2) is 6.10 Å². The molecular formula is C26H40O5. The third-order valence-corrected chi connectivity index (χ3v) is 8.89. The second-order valence-corrected chi connectivity index (χ2v) is 12.1. The molecule has 0 aromatic rings. The lowest BCUT2D eigenvalue weighted by Gasteiger charge is -2.59. The van der Waals surface area contributed by atoms with Gasteiger partial charge in [0.2, 0.25) is 0 Å². The topological polar surface area (TPSA) is 61.8 Å². The summed E-state index contributed by atoms with van der Waals surface area (Å²) in [5.74, 6) is 2.88. The van der Waals surface area contributed by atoms with E-state index in [0.29, 0.717) is 31.1 Å². The summed E-state index contributed by atoms with van der Waals surface area (Å²) >= 11 is 0. The predicted octanol–water partition coefficient (Wildman–Crippen LogP) is 5.42. The zero-order chi connectivity index (χ0) is 22.6. The standard InChI is InChI=1S/C26H40O5/c1-16-20-12-18-11-19(13-20)15-26(16,14-18)31-23(28)25(5,6)9-8-24(3,4)17(2)30-21-7-10-29-22(21)27/h16,18-21H,2,7-15H2,1,3-6H3. The average molecular weight is 433 g/mol. The molecule has 174 valence electrons. The number of rotatable bonds is 8. The van der Waals surface area contributed by atoms with E-state index in [1.165, 1.54) is 19.3 Å². The van der Waals surface area contributed by atoms with Crippen molar-refractivity contribution >= 4 is 11.9 Å². The zero-order valence-electron chi connectivity index (χ0n) is 20.0. The van der Waals surface area contributed by atoms with E-state index in [4.69, 9.17) is 14.2 Å². The first-order valence-corrected chi connectivity index (χ1v) is 12.2. The van der Waals surface area contributed by atoms with Crippen LogP contribution in [0, 0.1) is 34.5 Å². The number of carbonyl (C=O) groups excluding carboxylic acids is 2. The zero-order valence-corrected chi connectivity index (χ0v) is 20.0. The quantitative estimate of drug-likeness (QED) is 0.378. The Hall–Kier alpha value is -1.52. The highest BCUT2D eigenvalue weighted by atomic mass is 16.6. The van der Waals surface area contributed by atoms with E-state index in [-0.39, 0.29) is 23.0 Å². The smallest absolute Gasteiger partial charge is 0.347 e. The largest absolute Gasteiger partial charge is 0.483 e. The summed E-state index contributed by atoms with van der Waals surface area (Å²) in [6, 6.07) is 0. The highest BCUT2D eigenvalue weighted by Gasteiger charge is 2.58. The van der Waals surface area contributed by atoms with Gasteiger partial charge in [0.25, 0.3) is 0 Å². The summed E-state index contributed by atoms with van der Waals surface area (Å²) in [7, 11) is 0.